The maximum atomic E-state index is 10.5. The second-order valence-corrected chi connectivity index (χ2v) is 4.24. The molecule has 5 heteroatoms. The molecule has 0 fully saturated rings. The molecule has 0 aliphatic rings. The van der Waals surface area contributed by atoms with Gasteiger partial charge in [0.05, 0.1) is 5.02 Å². The van der Waals surface area contributed by atoms with Crippen LogP contribution < -0.4 is 0 Å². The fourth-order valence-electron chi connectivity index (χ4n) is 1.08. The molecule has 1 N–H and O–H groups in total. The van der Waals surface area contributed by atoms with Gasteiger partial charge in [0.1, 0.15) is 6.29 Å². The zero-order valence-electron chi connectivity index (χ0n) is 7.61. The number of benzene rings is 1. The highest BCUT2D eigenvalue weighted by molar-refractivity contribution is 7.99. The van der Waals surface area contributed by atoms with Gasteiger partial charge in [-0.25, -0.2) is 4.98 Å². The van der Waals surface area contributed by atoms with Crippen LogP contribution in [0.15, 0.2) is 40.6 Å². The Morgan fingerprint density at radius 1 is 1.47 bits per heavy atom. The lowest BCUT2D eigenvalue weighted by molar-refractivity contribution is 0.112. The van der Waals surface area contributed by atoms with Crippen LogP contribution in [-0.2, 0) is 0 Å². The molecular weight excluding hydrogens is 232 g/mol. The van der Waals surface area contributed by atoms with Crippen molar-refractivity contribution in [2.24, 2.45) is 0 Å². The molecule has 0 radical (unpaired) electrons. The molecular formula is C10H7ClN2OS. The third kappa shape index (κ3) is 2.40. The quantitative estimate of drug-likeness (QED) is 0.836. The predicted octanol–water partition coefficient (Wildman–Crippen LogP) is 3.03. The number of hydrogen-bond donors (Lipinski definition) is 1. The highest BCUT2D eigenvalue weighted by Gasteiger charge is 2.04. The first kappa shape index (κ1) is 10.3. The molecule has 76 valence electrons. The summed E-state index contributed by atoms with van der Waals surface area (Å²) in [6, 6.07) is 5.17. The van der Waals surface area contributed by atoms with Crippen LogP contribution in [0.2, 0.25) is 5.02 Å². The Morgan fingerprint density at radius 2 is 2.33 bits per heavy atom. The van der Waals surface area contributed by atoms with Crippen molar-refractivity contribution in [3.05, 3.63) is 41.2 Å². The summed E-state index contributed by atoms with van der Waals surface area (Å²) in [5, 5.41) is 1.33. The largest absolute Gasteiger partial charge is 0.339 e. The number of rotatable bonds is 3. The fourth-order valence-corrected chi connectivity index (χ4v) is 2.13. The lowest BCUT2D eigenvalue weighted by atomic mass is 10.2. The average Bonchev–Trinajstić information content (AvgIpc) is 2.74. The Labute approximate surface area is 95.9 Å². The first-order chi connectivity index (χ1) is 7.29. The average molecular weight is 239 g/mol. The molecule has 1 heterocycles. The van der Waals surface area contributed by atoms with Crippen molar-refractivity contribution in [3.63, 3.8) is 0 Å². The van der Waals surface area contributed by atoms with Crippen molar-refractivity contribution < 1.29 is 4.79 Å². The second-order valence-electron chi connectivity index (χ2n) is 2.80. The summed E-state index contributed by atoms with van der Waals surface area (Å²) < 4.78 is 0. The van der Waals surface area contributed by atoms with E-state index >= 15 is 0 Å². The minimum atomic E-state index is 0.556. The minimum absolute atomic E-state index is 0.556. The molecule has 15 heavy (non-hydrogen) atoms. The van der Waals surface area contributed by atoms with Crippen LogP contribution >= 0.6 is 23.4 Å². The van der Waals surface area contributed by atoms with Crippen molar-refractivity contribution in [1.82, 2.24) is 9.97 Å². The van der Waals surface area contributed by atoms with E-state index in [2.05, 4.69) is 9.97 Å². The minimum Gasteiger partial charge on any atom is -0.339 e. The predicted molar refractivity (Wildman–Crippen MR) is 59.6 cm³/mol. The second kappa shape index (κ2) is 4.51. The summed E-state index contributed by atoms with van der Waals surface area (Å²) in [6.07, 6.45) is 4.19. The first-order valence-electron chi connectivity index (χ1n) is 4.21. The monoisotopic (exact) mass is 238 g/mol. The van der Waals surface area contributed by atoms with Crippen molar-refractivity contribution >= 4 is 29.6 Å². The highest BCUT2D eigenvalue weighted by atomic mass is 35.5. The number of nitrogens with one attached hydrogen (secondary N) is 1. The number of aldehydes is 1. The Balaban J connectivity index is 2.26. The Morgan fingerprint density at radius 3 is 2.93 bits per heavy atom. The van der Waals surface area contributed by atoms with Crippen molar-refractivity contribution in [1.29, 1.82) is 0 Å². The normalized spacial score (nSPS) is 10.2. The lowest BCUT2D eigenvalue weighted by Gasteiger charge is -2.01. The summed E-state index contributed by atoms with van der Waals surface area (Å²) in [5.41, 5.74) is 0.573. The molecule has 0 unspecified atom stereocenters. The zero-order valence-corrected chi connectivity index (χ0v) is 9.18. The zero-order chi connectivity index (χ0) is 10.7. The SMILES string of the molecule is O=Cc1ccc(Sc2ncc[nH]2)c(Cl)c1. The van der Waals surface area contributed by atoms with Gasteiger partial charge in [0.15, 0.2) is 5.16 Å². The van der Waals surface area contributed by atoms with Gasteiger partial charge < -0.3 is 4.98 Å². The number of H-pyrrole nitrogens is 1. The summed E-state index contributed by atoms with van der Waals surface area (Å²) in [5.74, 6) is 0. The van der Waals surface area contributed by atoms with Gasteiger partial charge in [-0.15, -0.1) is 0 Å². The van der Waals surface area contributed by atoms with Crippen LogP contribution in [0.5, 0.6) is 0 Å². The van der Waals surface area contributed by atoms with Gasteiger partial charge in [-0.2, -0.15) is 0 Å². The third-order valence-electron chi connectivity index (χ3n) is 1.77. The smallest absolute Gasteiger partial charge is 0.170 e. The summed E-state index contributed by atoms with van der Waals surface area (Å²) in [4.78, 5) is 18.4. The Bertz CT molecular complexity index is 470. The maximum Gasteiger partial charge on any atom is 0.170 e. The molecule has 0 spiro atoms. The Hall–Kier alpha value is -1.26. The van der Waals surface area contributed by atoms with Crippen LogP contribution in [0.25, 0.3) is 0 Å². The molecule has 0 atom stereocenters. The van der Waals surface area contributed by atoms with Crippen molar-refractivity contribution in [2.75, 3.05) is 0 Å². The standard InChI is InChI=1S/C10H7ClN2OS/c11-8-5-7(6-14)1-2-9(8)15-10-12-3-4-13-10/h1-6H,(H,12,13). The Kier molecular flexibility index (Phi) is 3.08. The first-order valence-corrected chi connectivity index (χ1v) is 5.41. The number of carbonyl (C=O) groups excluding carboxylic acids is 1. The number of aromatic nitrogens is 2. The van der Waals surface area contributed by atoms with Gasteiger partial charge in [-0.3, -0.25) is 4.79 Å². The van der Waals surface area contributed by atoms with Crippen LogP contribution in [0.4, 0.5) is 0 Å². The van der Waals surface area contributed by atoms with E-state index in [9.17, 15) is 4.79 Å². The molecule has 0 amide bonds. The fraction of sp³-hybridized carbons (Fsp3) is 0. The molecule has 1 aromatic heterocycles. The number of halogens is 1. The third-order valence-corrected chi connectivity index (χ3v) is 3.19. The van der Waals surface area contributed by atoms with Crippen LogP contribution in [0.1, 0.15) is 10.4 Å². The lowest BCUT2D eigenvalue weighted by Crippen LogP contribution is -1.82. The number of nitrogens with zero attached hydrogens (tertiary/aromatic N) is 1. The summed E-state index contributed by atoms with van der Waals surface area (Å²) in [6.45, 7) is 0. The van der Waals surface area contributed by atoms with E-state index in [1.807, 2.05) is 0 Å². The highest BCUT2D eigenvalue weighted by Crippen LogP contribution is 2.31. The molecule has 0 aliphatic heterocycles. The van der Waals surface area contributed by atoms with E-state index in [1.54, 1.807) is 30.6 Å². The van der Waals surface area contributed by atoms with E-state index in [1.165, 1.54) is 11.8 Å². The van der Waals surface area contributed by atoms with Gasteiger partial charge in [0, 0.05) is 22.9 Å². The molecule has 3 nitrogen and oxygen atoms in total. The van der Waals surface area contributed by atoms with Gasteiger partial charge in [-0.05, 0) is 12.1 Å². The van der Waals surface area contributed by atoms with E-state index < -0.39 is 0 Å². The van der Waals surface area contributed by atoms with E-state index in [-0.39, 0.29) is 0 Å². The van der Waals surface area contributed by atoms with E-state index in [4.69, 9.17) is 11.6 Å². The molecule has 1 aromatic carbocycles. The van der Waals surface area contributed by atoms with Gasteiger partial charge in [0.25, 0.3) is 0 Å². The number of aromatic amines is 1. The summed E-state index contributed by atoms with van der Waals surface area (Å²) >= 11 is 7.43. The van der Waals surface area contributed by atoms with Crippen molar-refractivity contribution in [2.45, 2.75) is 10.1 Å². The summed E-state index contributed by atoms with van der Waals surface area (Å²) in [7, 11) is 0. The van der Waals surface area contributed by atoms with Crippen molar-refractivity contribution in [3.8, 4) is 0 Å². The molecule has 2 aromatic rings. The topological polar surface area (TPSA) is 45.8 Å². The van der Waals surface area contributed by atoms with Gasteiger partial charge >= 0.3 is 0 Å². The van der Waals surface area contributed by atoms with E-state index in [0.29, 0.717) is 10.6 Å². The molecule has 0 saturated carbocycles. The number of carbonyl (C=O) groups is 1. The van der Waals surface area contributed by atoms with Gasteiger partial charge in [-0.1, -0.05) is 29.4 Å². The molecule has 0 saturated heterocycles. The van der Waals surface area contributed by atoms with Crippen LogP contribution in [-0.4, -0.2) is 16.3 Å². The van der Waals surface area contributed by atoms with Crippen LogP contribution in [0.3, 0.4) is 0 Å². The number of imidazole rings is 1. The molecule has 0 bridgehead atoms. The van der Waals surface area contributed by atoms with Crippen LogP contribution in [0, 0.1) is 0 Å². The van der Waals surface area contributed by atoms with E-state index in [0.717, 1.165) is 16.3 Å². The van der Waals surface area contributed by atoms with Gasteiger partial charge in [0.2, 0.25) is 0 Å². The molecule has 2 rings (SSSR count). The maximum absolute atomic E-state index is 10.5. The molecule has 0 aliphatic carbocycles. The number of hydrogen-bond acceptors (Lipinski definition) is 3.